The van der Waals surface area contributed by atoms with Gasteiger partial charge in [0.2, 0.25) is 17.8 Å². The zero-order chi connectivity index (χ0) is 16.9. The molecular weight excluding hydrogens is 292 g/mol. The standard InChI is InChI=1S/C17H22N4O2/c1-3-5-7-9-15(22)18-12-11-14-13-19-17(20-14)21-16(23)10-8-6-4-2/h1-2,13H,5-12H2,(H,18,22)(H2,19,20,21,23). The summed E-state index contributed by atoms with van der Waals surface area (Å²) in [5.41, 5.74) is 0.841. The van der Waals surface area contributed by atoms with Crippen molar-refractivity contribution in [1.82, 2.24) is 15.3 Å². The molecule has 6 heteroatoms. The summed E-state index contributed by atoms with van der Waals surface area (Å²) in [5.74, 6) is 5.27. The maximum Gasteiger partial charge on any atom is 0.226 e. The van der Waals surface area contributed by atoms with E-state index in [0.29, 0.717) is 57.4 Å². The van der Waals surface area contributed by atoms with Gasteiger partial charge in [0.15, 0.2) is 0 Å². The van der Waals surface area contributed by atoms with Gasteiger partial charge in [-0.05, 0) is 12.8 Å². The molecule has 0 spiro atoms. The molecule has 6 nitrogen and oxygen atoms in total. The largest absolute Gasteiger partial charge is 0.356 e. The second-order valence-electron chi connectivity index (χ2n) is 5.02. The summed E-state index contributed by atoms with van der Waals surface area (Å²) >= 11 is 0. The summed E-state index contributed by atoms with van der Waals surface area (Å²) in [6.07, 6.45) is 15.9. The van der Waals surface area contributed by atoms with Crippen LogP contribution in [0, 0.1) is 24.7 Å². The van der Waals surface area contributed by atoms with Crippen LogP contribution in [0.3, 0.4) is 0 Å². The number of terminal acetylenes is 2. The molecule has 0 radical (unpaired) electrons. The van der Waals surface area contributed by atoms with E-state index in [1.54, 1.807) is 6.20 Å². The van der Waals surface area contributed by atoms with Crippen molar-refractivity contribution in [2.24, 2.45) is 0 Å². The lowest BCUT2D eigenvalue weighted by molar-refractivity contribution is -0.121. The average molecular weight is 314 g/mol. The van der Waals surface area contributed by atoms with Crippen molar-refractivity contribution in [1.29, 1.82) is 0 Å². The van der Waals surface area contributed by atoms with Crippen LogP contribution < -0.4 is 10.6 Å². The number of rotatable bonds is 10. The van der Waals surface area contributed by atoms with Crippen molar-refractivity contribution < 1.29 is 9.59 Å². The van der Waals surface area contributed by atoms with Crippen molar-refractivity contribution in [2.75, 3.05) is 11.9 Å². The van der Waals surface area contributed by atoms with E-state index in [9.17, 15) is 9.59 Å². The highest BCUT2D eigenvalue weighted by Gasteiger charge is 2.06. The van der Waals surface area contributed by atoms with E-state index in [-0.39, 0.29) is 11.8 Å². The summed E-state index contributed by atoms with van der Waals surface area (Å²) in [6.45, 7) is 0.507. The first kappa shape index (κ1) is 18.3. The molecular formula is C17H22N4O2. The van der Waals surface area contributed by atoms with Crippen LogP contribution in [0.15, 0.2) is 6.20 Å². The number of nitrogens with one attached hydrogen (secondary N) is 3. The molecule has 0 aromatic carbocycles. The third-order valence-corrected chi connectivity index (χ3v) is 3.05. The molecule has 3 N–H and O–H groups in total. The number of amides is 2. The van der Waals surface area contributed by atoms with Gasteiger partial charge in [0.1, 0.15) is 0 Å². The number of aromatic amines is 1. The third-order valence-electron chi connectivity index (χ3n) is 3.05. The van der Waals surface area contributed by atoms with Gasteiger partial charge in [-0.15, -0.1) is 24.7 Å². The van der Waals surface area contributed by atoms with E-state index in [1.165, 1.54) is 0 Å². The predicted molar refractivity (Wildman–Crippen MR) is 89.3 cm³/mol. The maximum atomic E-state index is 11.6. The number of carbonyl (C=O) groups excluding carboxylic acids is 2. The number of nitrogens with zero attached hydrogens (tertiary/aromatic N) is 1. The second kappa shape index (κ2) is 10.9. The second-order valence-corrected chi connectivity index (χ2v) is 5.02. The van der Waals surface area contributed by atoms with E-state index in [1.807, 2.05) is 0 Å². The molecule has 122 valence electrons. The minimum Gasteiger partial charge on any atom is -0.356 e. The van der Waals surface area contributed by atoms with Crippen LogP contribution in [0.4, 0.5) is 5.95 Å². The smallest absolute Gasteiger partial charge is 0.226 e. The molecule has 0 saturated heterocycles. The molecule has 0 unspecified atom stereocenters. The highest BCUT2D eigenvalue weighted by molar-refractivity contribution is 5.88. The van der Waals surface area contributed by atoms with Crippen LogP contribution in [0.1, 0.15) is 44.2 Å². The SMILES string of the molecule is C#CCCCC(=O)NCCc1cnc(NC(=O)CCCC#C)[nH]1. The van der Waals surface area contributed by atoms with Gasteiger partial charge >= 0.3 is 0 Å². The number of imidazole rings is 1. The van der Waals surface area contributed by atoms with Gasteiger partial charge in [0.05, 0.1) is 6.20 Å². The van der Waals surface area contributed by atoms with Gasteiger partial charge in [-0.3, -0.25) is 14.9 Å². The Balaban J connectivity index is 2.23. The van der Waals surface area contributed by atoms with Crippen LogP contribution in [-0.2, 0) is 16.0 Å². The fourth-order valence-corrected chi connectivity index (χ4v) is 1.87. The van der Waals surface area contributed by atoms with E-state index < -0.39 is 0 Å². The van der Waals surface area contributed by atoms with Crippen molar-refractivity contribution in [3.8, 4) is 24.7 Å². The average Bonchev–Trinajstić information content (AvgIpc) is 2.95. The number of anilines is 1. The van der Waals surface area contributed by atoms with Crippen LogP contribution in [0.25, 0.3) is 0 Å². The Hall–Kier alpha value is -2.73. The molecule has 1 aromatic heterocycles. The molecule has 1 aromatic rings. The van der Waals surface area contributed by atoms with E-state index >= 15 is 0 Å². The molecule has 0 atom stereocenters. The minimum absolute atomic E-state index is 0.0122. The number of unbranched alkanes of at least 4 members (excludes halogenated alkanes) is 2. The number of aromatic nitrogens is 2. The number of hydrogen-bond acceptors (Lipinski definition) is 3. The van der Waals surface area contributed by atoms with Gasteiger partial charge in [-0.2, -0.15) is 0 Å². The molecule has 0 aliphatic carbocycles. The first-order chi connectivity index (χ1) is 11.2. The van der Waals surface area contributed by atoms with E-state index in [4.69, 9.17) is 12.8 Å². The highest BCUT2D eigenvalue weighted by atomic mass is 16.2. The van der Waals surface area contributed by atoms with Gasteiger partial charge in [0.25, 0.3) is 0 Å². The van der Waals surface area contributed by atoms with Gasteiger partial charge in [-0.1, -0.05) is 0 Å². The molecule has 1 rings (SSSR count). The van der Waals surface area contributed by atoms with Crippen molar-refractivity contribution >= 4 is 17.8 Å². The lowest BCUT2D eigenvalue weighted by atomic mass is 10.2. The van der Waals surface area contributed by atoms with Gasteiger partial charge < -0.3 is 10.3 Å². The van der Waals surface area contributed by atoms with E-state index in [0.717, 1.165) is 5.69 Å². The van der Waals surface area contributed by atoms with Gasteiger partial charge in [-0.25, -0.2) is 4.98 Å². The number of hydrogen-bond donors (Lipinski definition) is 3. The van der Waals surface area contributed by atoms with Crippen molar-refractivity contribution in [3.63, 3.8) is 0 Å². The van der Waals surface area contributed by atoms with Crippen LogP contribution in [0.2, 0.25) is 0 Å². The van der Waals surface area contributed by atoms with Crippen LogP contribution in [-0.4, -0.2) is 28.3 Å². The van der Waals surface area contributed by atoms with Gasteiger partial charge in [0, 0.05) is 44.3 Å². The molecule has 1 heterocycles. The van der Waals surface area contributed by atoms with E-state index in [2.05, 4.69) is 32.4 Å². The summed E-state index contributed by atoms with van der Waals surface area (Å²) in [6, 6.07) is 0. The minimum atomic E-state index is -0.122. The van der Waals surface area contributed by atoms with Crippen LogP contribution in [0.5, 0.6) is 0 Å². The topological polar surface area (TPSA) is 86.9 Å². The summed E-state index contributed by atoms with van der Waals surface area (Å²) < 4.78 is 0. The third kappa shape index (κ3) is 8.33. The number of carbonyl (C=O) groups is 2. The molecule has 0 aliphatic heterocycles. The summed E-state index contributed by atoms with van der Waals surface area (Å²) in [5, 5.41) is 5.49. The fraction of sp³-hybridized carbons (Fsp3) is 0.471. The Labute approximate surface area is 136 Å². The van der Waals surface area contributed by atoms with Crippen molar-refractivity contribution in [3.05, 3.63) is 11.9 Å². The monoisotopic (exact) mass is 314 g/mol. The zero-order valence-corrected chi connectivity index (χ0v) is 13.2. The Morgan fingerprint density at radius 2 is 1.78 bits per heavy atom. The first-order valence-electron chi connectivity index (χ1n) is 7.63. The normalized spacial score (nSPS) is 9.65. The maximum absolute atomic E-state index is 11.6. The number of H-pyrrole nitrogens is 1. The summed E-state index contributed by atoms with van der Waals surface area (Å²) in [4.78, 5) is 30.2. The molecule has 2 amide bonds. The quantitative estimate of drug-likeness (QED) is 0.453. The van der Waals surface area contributed by atoms with Crippen LogP contribution >= 0.6 is 0 Å². The molecule has 23 heavy (non-hydrogen) atoms. The lowest BCUT2D eigenvalue weighted by Gasteiger charge is -2.03. The molecule has 0 bridgehead atoms. The summed E-state index contributed by atoms with van der Waals surface area (Å²) in [7, 11) is 0. The molecule has 0 fully saturated rings. The Bertz CT molecular complexity index is 592. The Kier molecular flexibility index (Phi) is 8.70. The lowest BCUT2D eigenvalue weighted by Crippen LogP contribution is -2.25. The zero-order valence-electron chi connectivity index (χ0n) is 13.2. The highest BCUT2D eigenvalue weighted by Crippen LogP contribution is 2.05. The Morgan fingerprint density at radius 3 is 2.43 bits per heavy atom. The first-order valence-corrected chi connectivity index (χ1v) is 7.63. The van der Waals surface area contributed by atoms with Crippen molar-refractivity contribution in [2.45, 2.75) is 44.9 Å². The predicted octanol–water partition coefficient (Wildman–Crippen LogP) is 1.61. The fourth-order valence-electron chi connectivity index (χ4n) is 1.87. The Morgan fingerprint density at radius 1 is 1.13 bits per heavy atom. The molecule has 0 saturated carbocycles. The molecule has 0 aliphatic rings.